The molecule has 0 fully saturated rings. The summed E-state index contributed by atoms with van der Waals surface area (Å²) in [5, 5.41) is 9.31. The fourth-order valence-electron chi connectivity index (χ4n) is 2.86. The molecule has 0 aliphatic rings. The summed E-state index contributed by atoms with van der Waals surface area (Å²) < 4.78 is 6.38. The van der Waals surface area contributed by atoms with Gasteiger partial charge in [0.1, 0.15) is 0 Å². The summed E-state index contributed by atoms with van der Waals surface area (Å²) in [5.74, 6) is -0.889. The molecule has 0 heterocycles. The van der Waals surface area contributed by atoms with Crippen LogP contribution in [0.2, 0.25) is 18.1 Å². The Hall–Kier alpha value is -1.95. The highest BCUT2D eigenvalue weighted by Gasteiger charge is 2.36. The van der Waals surface area contributed by atoms with E-state index in [0.717, 1.165) is 38.2 Å². The Morgan fingerprint density at radius 3 is 2.14 bits per heavy atom. The highest BCUT2D eigenvalue weighted by atomic mass is 28.4. The summed E-state index contributed by atoms with van der Waals surface area (Å²) in [5.41, 5.74) is 2.77. The van der Waals surface area contributed by atoms with E-state index in [0.29, 0.717) is 5.56 Å². The van der Waals surface area contributed by atoms with Gasteiger partial charge < -0.3 is 9.53 Å². The molecule has 1 N–H and O–H groups in total. The van der Waals surface area contributed by atoms with Crippen LogP contribution in [0, 0.1) is 0 Å². The molecule has 2 aromatic rings. The second kappa shape index (κ2) is 10.2. The number of nitrogens with zero attached hydrogens (tertiary/aromatic N) is 1. The smallest absolute Gasteiger partial charge is 0.335 e. The Morgan fingerprint density at radius 1 is 0.966 bits per heavy atom. The van der Waals surface area contributed by atoms with Crippen molar-refractivity contribution < 1.29 is 14.3 Å². The number of carboxylic acid groups (broad SMARTS) is 1. The summed E-state index contributed by atoms with van der Waals surface area (Å²) in [6.45, 7) is 14.7. The number of benzene rings is 2. The molecule has 4 nitrogen and oxygen atoms in total. The van der Waals surface area contributed by atoms with E-state index in [-0.39, 0.29) is 5.04 Å². The van der Waals surface area contributed by atoms with Crippen LogP contribution in [0.1, 0.15) is 42.3 Å². The van der Waals surface area contributed by atoms with Crippen LogP contribution in [0.3, 0.4) is 0 Å². The molecule has 0 saturated heterocycles. The predicted octanol–water partition coefficient (Wildman–Crippen LogP) is 5.45. The minimum absolute atomic E-state index is 0.203. The molecule has 0 unspecified atom stereocenters. The summed E-state index contributed by atoms with van der Waals surface area (Å²) in [6, 6.07) is 17.7. The number of hydrogen-bond acceptors (Lipinski definition) is 3. The summed E-state index contributed by atoms with van der Waals surface area (Å²) in [6.07, 6.45) is 0.980. The standard InChI is InChI=1S/C24H35NO3Si/c1-24(2,3)29(4,5)28-18-17-25(16-15-20-9-7-6-8-10-20)19-21-11-13-22(14-12-21)23(26)27/h6-14H,15-19H2,1-5H3,(H,26,27). The first kappa shape index (κ1) is 23.3. The van der Waals surface area contributed by atoms with Gasteiger partial charge in [0.05, 0.1) is 5.56 Å². The quantitative estimate of drug-likeness (QED) is 0.526. The molecule has 0 aliphatic carbocycles. The zero-order valence-electron chi connectivity index (χ0n) is 18.4. The molecular weight excluding hydrogens is 378 g/mol. The molecule has 0 spiro atoms. The van der Waals surface area contributed by atoms with Crippen LogP contribution in [0.4, 0.5) is 0 Å². The third-order valence-electron chi connectivity index (χ3n) is 5.84. The van der Waals surface area contributed by atoms with Gasteiger partial charge in [-0.1, -0.05) is 63.2 Å². The van der Waals surface area contributed by atoms with Crippen LogP contribution in [0.25, 0.3) is 0 Å². The lowest BCUT2D eigenvalue weighted by molar-refractivity contribution is 0.0697. The first-order valence-electron chi connectivity index (χ1n) is 10.3. The normalized spacial score (nSPS) is 12.3. The molecule has 0 bridgehead atoms. The lowest BCUT2D eigenvalue weighted by Gasteiger charge is -2.37. The number of carboxylic acids is 1. The Morgan fingerprint density at radius 2 is 1.59 bits per heavy atom. The molecule has 0 saturated carbocycles. The van der Waals surface area contributed by atoms with Gasteiger partial charge in [0.15, 0.2) is 8.32 Å². The predicted molar refractivity (Wildman–Crippen MR) is 122 cm³/mol. The lowest BCUT2D eigenvalue weighted by atomic mass is 10.1. The first-order valence-corrected chi connectivity index (χ1v) is 13.2. The molecule has 2 rings (SSSR count). The van der Waals surface area contributed by atoms with E-state index in [9.17, 15) is 4.79 Å². The largest absolute Gasteiger partial charge is 0.478 e. The molecule has 0 radical (unpaired) electrons. The maximum Gasteiger partial charge on any atom is 0.335 e. The molecule has 2 aromatic carbocycles. The molecule has 158 valence electrons. The maximum atomic E-state index is 11.1. The van der Waals surface area contributed by atoms with Crippen LogP contribution >= 0.6 is 0 Å². The van der Waals surface area contributed by atoms with Gasteiger partial charge in [-0.15, -0.1) is 0 Å². The molecule has 0 atom stereocenters. The Labute approximate surface area is 176 Å². The molecule has 0 aliphatic heterocycles. The van der Waals surface area contributed by atoms with E-state index in [4.69, 9.17) is 9.53 Å². The van der Waals surface area contributed by atoms with Crippen LogP contribution in [-0.2, 0) is 17.4 Å². The SMILES string of the molecule is CC(C)(C)[Si](C)(C)OCCN(CCc1ccccc1)Cc1ccc(C(=O)O)cc1. The topological polar surface area (TPSA) is 49.8 Å². The Bertz CT molecular complexity index is 767. The highest BCUT2D eigenvalue weighted by Crippen LogP contribution is 2.36. The number of rotatable bonds is 10. The molecule has 29 heavy (non-hydrogen) atoms. The van der Waals surface area contributed by atoms with Crippen molar-refractivity contribution in [2.75, 3.05) is 19.7 Å². The van der Waals surface area contributed by atoms with Crippen molar-refractivity contribution in [2.24, 2.45) is 0 Å². The van der Waals surface area contributed by atoms with E-state index in [1.165, 1.54) is 5.56 Å². The van der Waals surface area contributed by atoms with Gasteiger partial charge in [0.25, 0.3) is 0 Å². The Balaban J connectivity index is 2.01. The van der Waals surface area contributed by atoms with Gasteiger partial charge in [-0.2, -0.15) is 0 Å². The highest BCUT2D eigenvalue weighted by molar-refractivity contribution is 6.74. The van der Waals surface area contributed by atoms with Crippen molar-refractivity contribution in [1.82, 2.24) is 4.90 Å². The van der Waals surface area contributed by atoms with E-state index in [1.807, 2.05) is 18.2 Å². The second-order valence-electron chi connectivity index (χ2n) is 9.12. The van der Waals surface area contributed by atoms with Crippen molar-refractivity contribution in [3.8, 4) is 0 Å². The minimum atomic E-state index is -1.76. The molecule has 0 aromatic heterocycles. The van der Waals surface area contributed by atoms with E-state index < -0.39 is 14.3 Å². The third-order valence-corrected chi connectivity index (χ3v) is 10.4. The van der Waals surface area contributed by atoms with Gasteiger partial charge in [-0.3, -0.25) is 4.90 Å². The van der Waals surface area contributed by atoms with E-state index in [1.54, 1.807) is 12.1 Å². The van der Waals surface area contributed by atoms with Crippen molar-refractivity contribution >= 4 is 14.3 Å². The maximum absolute atomic E-state index is 11.1. The van der Waals surface area contributed by atoms with Gasteiger partial charge in [-0.25, -0.2) is 4.79 Å². The van der Waals surface area contributed by atoms with Crippen molar-refractivity contribution in [3.63, 3.8) is 0 Å². The van der Waals surface area contributed by atoms with Gasteiger partial charge in [-0.05, 0) is 47.8 Å². The third kappa shape index (κ3) is 7.42. The van der Waals surface area contributed by atoms with E-state index >= 15 is 0 Å². The fourth-order valence-corrected chi connectivity index (χ4v) is 3.89. The van der Waals surface area contributed by atoms with Crippen LogP contribution in [-0.4, -0.2) is 44.0 Å². The molecule has 0 amide bonds. The number of hydrogen-bond donors (Lipinski definition) is 1. The number of aromatic carboxylic acids is 1. The monoisotopic (exact) mass is 413 g/mol. The van der Waals surface area contributed by atoms with Crippen molar-refractivity contribution in [2.45, 2.75) is 51.9 Å². The van der Waals surface area contributed by atoms with Crippen LogP contribution in [0.5, 0.6) is 0 Å². The molecule has 5 heteroatoms. The fraction of sp³-hybridized carbons (Fsp3) is 0.458. The second-order valence-corrected chi connectivity index (χ2v) is 13.9. The molecular formula is C24H35NO3Si. The summed E-state index contributed by atoms with van der Waals surface area (Å²) in [7, 11) is -1.76. The minimum Gasteiger partial charge on any atom is -0.478 e. The van der Waals surface area contributed by atoms with Crippen molar-refractivity contribution in [1.29, 1.82) is 0 Å². The zero-order valence-corrected chi connectivity index (χ0v) is 19.4. The van der Waals surface area contributed by atoms with Gasteiger partial charge in [0.2, 0.25) is 0 Å². The first-order chi connectivity index (χ1) is 13.6. The van der Waals surface area contributed by atoms with Crippen LogP contribution < -0.4 is 0 Å². The van der Waals surface area contributed by atoms with Gasteiger partial charge in [0, 0.05) is 26.2 Å². The lowest BCUT2D eigenvalue weighted by Crippen LogP contribution is -2.43. The average Bonchev–Trinajstić information content (AvgIpc) is 2.66. The van der Waals surface area contributed by atoms with Crippen molar-refractivity contribution in [3.05, 3.63) is 71.3 Å². The van der Waals surface area contributed by atoms with Gasteiger partial charge >= 0.3 is 5.97 Å². The zero-order chi connectivity index (χ0) is 21.5. The van der Waals surface area contributed by atoms with Crippen LogP contribution in [0.15, 0.2) is 54.6 Å². The average molecular weight is 414 g/mol. The summed E-state index contributed by atoms with van der Waals surface area (Å²) in [4.78, 5) is 13.5. The van der Waals surface area contributed by atoms with E-state index in [2.05, 4.69) is 63.0 Å². The summed E-state index contributed by atoms with van der Waals surface area (Å²) >= 11 is 0. The Kier molecular flexibility index (Phi) is 8.20. The number of carbonyl (C=O) groups is 1.